The predicted molar refractivity (Wildman–Crippen MR) is 74.0 cm³/mol. The molecule has 0 aliphatic rings. The van der Waals surface area contributed by atoms with E-state index in [9.17, 15) is 4.79 Å². The summed E-state index contributed by atoms with van der Waals surface area (Å²) in [5.41, 5.74) is 1.60. The molecule has 0 aromatic heterocycles. The average Bonchev–Trinajstić information content (AvgIpc) is 2.24. The highest BCUT2D eigenvalue weighted by Gasteiger charge is 2.20. The molecule has 0 fully saturated rings. The minimum absolute atomic E-state index is 0.234. The van der Waals surface area contributed by atoms with Gasteiger partial charge in [0.05, 0.1) is 6.04 Å². The molecule has 0 saturated carbocycles. The average molecular weight is 270 g/mol. The third kappa shape index (κ3) is 4.57. The molecule has 18 heavy (non-hydrogen) atoms. The Kier molecular flexibility index (Phi) is 5.03. The lowest BCUT2D eigenvalue weighted by molar-refractivity contribution is 0.0508. The fourth-order valence-corrected chi connectivity index (χ4v) is 1.87. The van der Waals surface area contributed by atoms with Crippen molar-refractivity contribution in [1.29, 1.82) is 0 Å². The molecule has 0 spiro atoms. The molecule has 100 valence electrons. The number of rotatable bonds is 3. The number of carbonyl (C=O) groups excluding carboxylic acids is 1. The summed E-state index contributed by atoms with van der Waals surface area (Å²) in [6.07, 6.45) is -0.448. The Labute approximate surface area is 113 Å². The zero-order valence-electron chi connectivity index (χ0n) is 11.3. The highest BCUT2D eigenvalue weighted by atomic mass is 35.5. The monoisotopic (exact) mass is 269 g/mol. The molecule has 0 aliphatic carbocycles. The highest BCUT2D eigenvalue weighted by molar-refractivity contribution is 6.18. The first-order valence-electron chi connectivity index (χ1n) is 5.94. The van der Waals surface area contributed by atoms with Crippen LogP contribution in [0.25, 0.3) is 0 Å². The summed E-state index contributed by atoms with van der Waals surface area (Å²) in [6.45, 7) is 7.48. The van der Waals surface area contributed by atoms with Crippen LogP contribution in [-0.4, -0.2) is 17.6 Å². The fraction of sp³-hybridized carbons (Fsp3) is 0.500. The number of carbonyl (C=O) groups is 1. The van der Waals surface area contributed by atoms with Crippen molar-refractivity contribution in [2.75, 3.05) is 5.88 Å². The van der Waals surface area contributed by atoms with Gasteiger partial charge in [0.25, 0.3) is 0 Å². The largest absolute Gasteiger partial charge is 0.444 e. The van der Waals surface area contributed by atoms with Crippen LogP contribution in [0.1, 0.15) is 37.9 Å². The number of hydrogen-bond acceptors (Lipinski definition) is 2. The number of hydrogen-bond donors (Lipinski definition) is 1. The molecule has 0 bridgehead atoms. The second-order valence-electron chi connectivity index (χ2n) is 5.21. The lowest BCUT2D eigenvalue weighted by atomic mass is 10.0. The first-order valence-corrected chi connectivity index (χ1v) is 6.48. The molecule has 4 heteroatoms. The van der Waals surface area contributed by atoms with Crippen LogP contribution in [0.15, 0.2) is 24.3 Å². The zero-order chi connectivity index (χ0) is 13.8. The van der Waals surface area contributed by atoms with Gasteiger partial charge in [-0.15, -0.1) is 11.6 Å². The van der Waals surface area contributed by atoms with Crippen molar-refractivity contribution < 1.29 is 9.53 Å². The van der Waals surface area contributed by atoms with Crippen LogP contribution in [-0.2, 0) is 4.74 Å². The second-order valence-corrected chi connectivity index (χ2v) is 5.52. The Morgan fingerprint density at radius 1 is 1.39 bits per heavy atom. The van der Waals surface area contributed by atoms with Gasteiger partial charge in [-0.25, -0.2) is 4.79 Å². The summed E-state index contributed by atoms with van der Waals surface area (Å²) in [5, 5.41) is 2.79. The Balaban J connectivity index is 2.74. The van der Waals surface area contributed by atoms with E-state index in [-0.39, 0.29) is 6.04 Å². The van der Waals surface area contributed by atoms with Crippen molar-refractivity contribution in [3.8, 4) is 0 Å². The summed E-state index contributed by atoms with van der Waals surface area (Å²) in [6, 6.07) is 7.60. The van der Waals surface area contributed by atoms with Crippen LogP contribution in [0.3, 0.4) is 0 Å². The topological polar surface area (TPSA) is 38.3 Å². The van der Waals surface area contributed by atoms with Crippen molar-refractivity contribution in [1.82, 2.24) is 5.32 Å². The molecule has 0 radical (unpaired) electrons. The first kappa shape index (κ1) is 14.8. The van der Waals surface area contributed by atoms with Crippen LogP contribution in [0.5, 0.6) is 0 Å². The van der Waals surface area contributed by atoms with Gasteiger partial charge in [0.2, 0.25) is 0 Å². The lowest BCUT2D eigenvalue weighted by Crippen LogP contribution is -2.35. The normalized spacial score (nSPS) is 12.9. The van der Waals surface area contributed by atoms with Crippen LogP contribution < -0.4 is 5.32 Å². The van der Waals surface area contributed by atoms with E-state index in [2.05, 4.69) is 5.32 Å². The number of halogens is 1. The Bertz CT molecular complexity index is 413. The quantitative estimate of drug-likeness (QED) is 0.848. The molecule has 1 rings (SSSR count). The maximum atomic E-state index is 11.7. The standard InChI is InChI=1S/C14H20ClNO2/c1-10-7-5-6-8-11(10)12(9-15)16-13(17)18-14(2,3)4/h5-8,12H,9H2,1-4H3,(H,16,17). The molecular weight excluding hydrogens is 250 g/mol. The maximum Gasteiger partial charge on any atom is 0.408 e. The predicted octanol–water partition coefficient (Wildman–Crippen LogP) is 3.80. The van der Waals surface area contributed by atoms with Crippen LogP contribution >= 0.6 is 11.6 Å². The SMILES string of the molecule is Cc1ccccc1C(CCl)NC(=O)OC(C)(C)C. The molecule has 1 amide bonds. The summed E-state index contributed by atoms with van der Waals surface area (Å²) in [7, 11) is 0. The van der Waals surface area contributed by atoms with E-state index in [1.807, 2.05) is 52.0 Å². The molecule has 0 heterocycles. The van der Waals surface area contributed by atoms with Crippen molar-refractivity contribution in [2.24, 2.45) is 0 Å². The Morgan fingerprint density at radius 3 is 2.50 bits per heavy atom. The summed E-state index contributed by atoms with van der Waals surface area (Å²) in [5.74, 6) is 0.310. The molecule has 1 atom stereocenters. The van der Waals surface area contributed by atoms with Gasteiger partial charge in [0.15, 0.2) is 0 Å². The highest BCUT2D eigenvalue weighted by Crippen LogP contribution is 2.19. The van der Waals surface area contributed by atoms with Gasteiger partial charge in [-0.3, -0.25) is 0 Å². The number of aryl methyl sites for hydroxylation is 1. The van der Waals surface area contributed by atoms with E-state index in [1.54, 1.807) is 0 Å². The number of ether oxygens (including phenoxy) is 1. The van der Waals surface area contributed by atoms with Gasteiger partial charge >= 0.3 is 6.09 Å². The van der Waals surface area contributed by atoms with E-state index >= 15 is 0 Å². The third-order valence-corrected chi connectivity index (χ3v) is 2.72. The molecule has 0 aliphatic heterocycles. The Morgan fingerprint density at radius 2 is 2.00 bits per heavy atom. The van der Waals surface area contributed by atoms with Gasteiger partial charge < -0.3 is 10.1 Å². The molecule has 3 nitrogen and oxygen atoms in total. The van der Waals surface area contributed by atoms with E-state index in [0.29, 0.717) is 5.88 Å². The molecule has 1 N–H and O–H groups in total. The van der Waals surface area contributed by atoms with E-state index in [4.69, 9.17) is 16.3 Å². The van der Waals surface area contributed by atoms with Crippen LogP contribution in [0, 0.1) is 6.92 Å². The number of alkyl halides is 1. The molecule has 1 aromatic carbocycles. The van der Waals surface area contributed by atoms with E-state index in [0.717, 1.165) is 11.1 Å². The van der Waals surface area contributed by atoms with Gasteiger partial charge in [-0.05, 0) is 38.8 Å². The fourth-order valence-electron chi connectivity index (χ4n) is 1.63. The maximum absolute atomic E-state index is 11.7. The smallest absolute Gasteiger partial charge is 0.408 e. The van der Waals surface area contributed by atoms with Gasteiger partial charge in [-0.1, -0.05) is 24.3 Å². The van der Waals surface area contributed by atoms with Crippen molar-refractivity contribution >= 4 is 17.7 Å². The van der Waals surface area contributed by atoms with Crippen molar-refractivity contribution in [3.63, 3.8) is 0 Å². The second kappa shape index (κ2) is 6.10. The molecule has 1 aromatic rings. The van der Waals surface area contributed by atoms with E-state index in [1.165, 1.54) is 0 Å². The lowest BCUT2D eigenvalue weighted by Gasteiger charge is -2.23. The van der Waals surface area contributed by atoms with E-state index < -0.39 is 11.7 Å². The summed E-state index contributed by atoms with van der Waals surface area (Å²) in [4.78, 5) is 11.7. The van der Waals surface area contributed by atoms with Crippen molar-refractivity contribution in [3.05, 3.63) is 35.4 Å². The number of nitrogens with one attached hydrogen (secondary N) is 1. The van der Waals surface area contributed by atoms with Crippen LogP contribution in [0.2, 0.25) is 0 Å². The first-order chi connectivity index (χ1) is 8.33. The van der Waals surface area contributed by atoms with Crippen LogP contribution in [0.4, 0.5) is 4.79 Å². The molecular formula is C14H20ClNO2. The molecule has 1 unspecified atom stereocenters. The minimum atomic E-state index is -0.507. The van der Waals surface area contributed by atoms with Gasteiger partial charge in [-0.2, -0.15) is 0 Å². The summed E-state index contributed by atoms with van der Waals surface area (Å²) >= 11 is 5.92. The summed E-state index contributed by atoms with van der Waals surface area (Å²) < 4.78 is 5.22. The van der Waals surface area contributed by atoms with Gasteiger partial charge in [0, 0.05) is 5.88 Å². The number of benzene rings is 1. The third-order valence-electron chi connectivity index (χ3n) is 2.41. The number of amides is 1. The van der Waals surface area contributed by atoms with Gasteiger partial charge in [0.1, 0.15) is 5.60 Å². The number of alkyl carbamates (subject to hydrolysis) is 1. The molecule has 0 saturated heterocycles. The zero-order valence-corrected chi connectivity index (χ0v) is 12.0. The Hall–Kier alpha value is -1.22. The minimum Gasteiger partial charge on any atom is -0.444 e. The van der Waals surface area contributed by atoms with Crippen molar-refractivity contribution in [2.45, 2.75) is 39.3 Å².